The third-order valence-electron chi connectivity index (χ3n) is 4.18. The second-order valence-corrected chi connectivity index (χ2v) is 6.17. The number of aliphatic hydroxyl groups excluding tert-OH is 1. The van der Waals surface area contributed by atoms with Crippen molar-refractivity contribution in [1.29, 1.82) is 0 Å². The zero-order valence-corrected chi connectivity index (χ0v) is 13.9. The monoisotopic (exact) mass is 328 g/mol. The Morgan fingerprint density at radius 2 is 1.46 bits per heavy atom. The summed E-state index contributed by atoms with van der Waals surface area (Å²) in [4.78, 5) is 0. The standard InChI is InChI=1S/C20H24O4/c1-15-12-18(22-13-16-8-4-2-5-9-16)19(20(21)24-15)23-14-17-10-6-3-7-11-17/h2-11,15,18-21H,12-14H2,1H3/t15-,18+,19-,20?/m1/s1. The van der Waals surface area contributed by atoms with Gasteiger partial charge in [0.2, 0.25) is 0 Å². The fourth-order valence-corrected chi connectivity index (χ4v) is 2.91. The summed E-state index contributed by atoms with van der Waals surface area (Å²) < 4.78 is 17.5. The van der Waals surface area contributed by atoms with Gasteiger partial charge in [-0.15, -0.1) is 0 Å². The van der Waals surface area contributed by atoms with Gasteiger partial charge in [-0.25, -0.2) is 0 Å². The first kappa shape index (κ1) is 17.1. The molecule has 3 rings (SSSR count). The highest BCUT2D eigenvalue weighted by Crippen LogP contribution is 2.25. The van der Waals surface area contributed by atoms with E-state index in [9.17, 15) is 5.11 Å². The molecule has 1 aliphatic rings. The summed E-state index contributed by atoms with van der Waals surface area (Å²) in [5.74, 6) is 0. The molecule has 0 radical (unpaired) electrons. The normalized spacial score (nSPS) is 27.1. The highest BCUT2D eigenvalue weighted by molar-refractivity contribution is 5.14. The maximum atomic E-state index is 10.3. The molecule has 4 nitrogen and oxygen atoms in total. The van der Waals surface area contributed by atoms with Crippen LogP contribution in [0.15, 0.2) is 60.7 Å². The van der Waals surface area contributed by atoms with Crippen molar-refractivity contribution in [3.8, 4) is 0 Å². The highest BCUT2D eigenvalue weighted by Gasteiger charge is 2.38. The Morgan fingerprint density at radius 3 is 2.04 bits per heavy atom. The lowest BCUT2D eigenvalue weighted by molar-refractivity contribution is -0.268. The number of rotatable bonds is 6. The van der Waals surface area contributed by atoms with Crippen molar-refractivity contribution >= 4 is 0 Å². The van der Waals surface area contributed by atoms with E-state index in [1.807, 2.05) is 67.6 Å². The molecule has 1 unspecified atom stereocenters. The first-order valence-corrected chi connectivity index (χ1v) is 8.37. The lowest BCUT2D eigenvalue weighted by atomic mass is 10.0. The second-order valence-electron chi connectivity index (χ2n) is 6.17. The van der Waals surface area contributed by atoms with Crippen LogP contribution in [0, 0.1) is 0 Å². The minimum absolute atomic E-state index is 0.0580. The Bertz CT molecular complexity index is 602. The Morgan fingerprint density at radius 1 is 0.917 bits per heavy atom. The van der Waals surface area contributed by atoms with Gasteiger partial charge in [-0.05, 0) is 18.1 Å². The molecule has 0 saturated carbocycles. The van der Waals surface area contributed by atoms with Gasteiger partial charge in [-0.3, -0.25) is 0 Å². The molecule has 0 aliphatic carbocycles. The van der Waals surface area contributed by atoms with Crippen molar-refractivity contribution in [3.63, 3.8) is 0 Å². The van der Waals surface area contributed by atoms with E-state index in [2.05, 4.69) is 0 Å². The van der Waals surface area contributed by atoms with Crippen LogP contribution in [-0.4, -0.2) is 29.7 Å². The number of hydrogen-bond donors (Lipinski definition) is 1. The van der Waals surface area contributed by atoms with Crippen LogP contribution in [0.4, 0.5) is 0 Å². The highest BCUT2D eigenvalue weighted by atomic mass is 16.7. The summed E-state index contributed by atoms with van der Waals surface area (Å²) in [6, 6.07) is 19.9. The summed E-state index contributed by atoms with van der Waals surface area (Å²) in [5.41, 5.74) is 2.16. The molecule has 0 amide bonds. The van der Waals surface area contributed by atoms with Gasteiger partial charge in [0.05, 0.1) is 25.4 Å². The number of hydrogen-bond acceptors (Lipinski definition) is 4. The average molecular weight is 328 g/mol. The maximum Gasteiger partial charge on any atom is 0.184 e. The summed E-state index contributed by atoms with van der Waals surface area (Å²) >= 11 is 0. The van der Waals surface area contributed by atoms with Gasteiger partial charge in [0.1, 0.15) is 6.10 Å². The van der Waals surface area contributed by atoms with Gasteiger partial charge in [-0.1, -0.05) is 60.7 Å². The molecule has 1 fully saturated rings. The molecule has 24 heavy (non-hydrogen) atoms. The summed E-state index contributed by atoms with van der Waals surface area (Å²) in [7, 11) is 0. The molecule has 2 aromatic carbocycles. The molecule has 0 aromatic heterocycles. The summed E-state index contributed by atoms with van der Waals surface area (Å²) in [6.45, 7) is 2.86. The van der Waals surface area contributed by atoms with Crippen LogP contribution >= 0.6 is 0 Å². The third kappa shape index (κ3) is 4.65. The van der Waals surface area contributed by atoms with E-state index < -0.39 is 12.4 Å². The van der Waals surface area contributed by atoms with E-state index in [4.69, 9.17) is 14.2 Å². The van der Waals surface area contributed by atoms with Crippen LogP contribution in [0.1, 0.15) is 24.5 Å². The van der Waals surface area contributed by atoms with E-state index in [0.717, 1.165) is 11.1 Å². The van der Waals surface area contributed by atoms with Gasteiger partial charge in [-0.2, -0.15) is 0 Å². The van der Waals surface area contributed by atoms with E-state index >= 15 is 0 Å². The van der Waals surface area contributed by atoms with E-state index in [0.29, 0.717) is 19.6 Å². The van der Waals surface area contributed by atoms with Gasteiger partial charge in [0, 0.05) is 6.42 Å². The van der Waals surface area contributed by atoms with Gasteiger partial charge in [0.25, 0.3) is 0 Å². The first-order chi connectivity index (χ1) is 11.7. The van der Waals surface area contributed by atoms with Crippen LogP contribution < -0.4 is 0 Å². The predicted octanol–water partition coefficient (Wildman–Crippen LogP) is 3.28. The Hall–Kier alpha value is -1.72. The molecule has 1 aliphatic heterocycles. The molecule has 0 bridgehead atoms. The van der Waals surface area contributed by atoms with Crippen LogP contribution in [0.2, 0.25) is 0 Å². The van der Waals surface area contributed by atoms with Crippen molar-refractivity contribution in [3.05, 3.63) is 71.8 Å². The zero-order valence-electron chi connectivity index (χ0n) is 13.9. The molecule has 1 saturated heterocycles. The first-order valence-electron chi connectivity index (χ1n) is 8.37. The smallest absolute Gasteiger partial charge is 0.184 e. The van der Waals surface area contributed by atoms with Crippen LogP contribution in [0.3, 0.4) is 0 Å². The topological polar surface area (TPSA) is 47.9 Å². The van der Waals surface area contributed by atoms with Crippen molar-refractivity contribution in [2.45, 2.75) is 51.2 Å². The molecular weight excluding hydrogens is 304 g/mol. The Labute approximate surface area is 143 Å². The van der Waals surface area contributed by atoms with Crippen molar-refractivity contribution in [2.24, 2.45) is 0 Å². The molecule has 4 atom stereocenters. The SMILES string of the molecule is C[C@@H]1C[C@H](OCc2ccccc2)[C@@H](OCc2ccccc2)C(O)O1. The zero-order chi connectivity index (χ0) is 16.8. The fourth-order valence-electron chi connectivity index (χ4n) is 2.91. The van der Waals surface area contributed by atoms with Crippen molar-refractivity contribution < 1.29 is 19.3 Å². The van der Waals surface area contributed by atoms with Crippen molar-refractivity contribution in [1.82, 2.24) is 0 Å². The minimum Gasteiger partial charge on any atom is -0.371 e. The molecule has 0 spiro atoms. The molecular formula is C20H24O4. The maximum absolute atomic E-state index is 10.3. The lowest BCUT2D eigenvalue weighted by Crippen LogP contribution is -2.49. The summed E-state index contributed by atoms with van der Waals surface area (Å²) in [6.07, 6.45) is -1.03. The third-order valence-corrected chi connectivity index (χ3v) is 4.18. The largest absolute Gasteiger partial charge is 0.371 e. The Balaban J connectivity index is 1.61. The molecule has 4 heteroatoms. The lowest BCUT2D eigenvalue weighted by Gasteiger charge is -2.38. The van der Waals surface area contributed by atoms with Crippen LogP contribution in [0.5, 0.6) is 0 Å². The van der Waals surface area contributed by atoms with Gasteiger partial charge < -0.3 is 19.3 Å². The van der Waals surface area contributed by atoms with E-state index in [1.54, 1.807) is 0 Å². The molecule has 1 heterocycles. The number of aliphatic hydroxyl groups is 1. The van der Waals surface area contributed by atoms with Gasteiger partial charge in [0.15, 0.2) is 6.29 Å². The minimum atomic E-state index is -0.974. The predicted molar refractivity (Wildman–Crippen MR) is 91.2 cm³/mol. The average Bonchev–Trinajstić information content (AvgIpc) is 2.61. The molecule has 128 valence electrons. The van der Waals surface area contributed by atoms with E-state index in [1.165, 1.54) is 0 Å². The molecule has 2 aromatic rings. The Kier molecular flexibility index (Phi) is 5.99. The number of ether oxygens (including phenoxy) is 3. The summed E-state index contributed by atoms with van der Waals surface area (Å²) in [5, 5.41) is 10.3. The van der Waals surface area contributed by atoms with Crippen LogP contribution in [0.25, 0.3) is 0 Å². The number of benzene rings is 2. The van der Waals surface area contributed by atoms with Crippen molar-refractivity contribution in [2.75, 3.05) is 0 Å². The van der Waals surface area contributed by atoms with E-state index in [-0.39, 0.29) is 12.2 Å². The van der Waals surface area contributed by atoms with Gasteiger partial charge >= 0.3 is 0 Å². The molecule has 1 N–H and O–H groups in total. The van der Waals surface area contributed by atoms with Crippen LogP contribution in [-0.2, 0) is 27.4 Å². The second kappa shape index (κ2) is 8.40. The fraction of sp³-hybridized carbons (Fsp3) is 0.400. The quantitative estimate of drug-likeness (QED) is 0.884.